The molecule has 1 aromatic carbocycles. The Balaban J connectivity index is 1.76. The van der Waals surface area contributed by atoms with Crippen LogP contribution in [0.25, 0.3) is 6.08 Å². The normalized spacial score (nSPS) is 30.9. The van der Waals surface area contributed by atoms with Gasteiger partial charge in [0.15, 0.2) is 0 Å². The number of hydrogen-bond donors (Lipinski definition) is 0. The summed E-state index contributed by atoms with van der Waals surface area (Å²) in [4.78, 5) is 4.35. The predicted molar refractivity (Wildman–Crippen MR) is 80.5 cm³/mol. The SMILES string of the molecule is Clc1ccc(/C=[CH]\[Ge]23[O]CCN(CC[O]2)CC[O]3)cc1. The molecule has 0 aromatic heterocycles. The van der Waals surface area contributed by atoms with Crippen molar-refractivity contribution in [3.63, 3.8) is 0 Å². The molecule has 3 fully saturated rings. The van der Waals surface area contributed by atoms with Crippen molar-refractivity contribution < 1.29 is 11.3 Å². The molecule has 3 aliphatic rings. The van der Waals surface area contributed by atoms with Crippen LogP contribution in [0.5, 0.6) is 0 Å². The molecular weight excluding hydrogens is 338 g/mol. The molecule has 0 aliphatic carbocycles. The molecule has 0 unspecified atom stereocenters. The number of hydrogen-bond acceptors (Lipinski definition) is 4. The van der Waals surface area contributed by atoms with Crippen molar-refractivity contribution in [2.24, 2.45) is 0 Å². The van der Waals surface area contributed by atoms with Gasteiger partial charge < -0.3 is 0 Å². The molecular formula is C14H18ClGeNO3. The van der Waals surface area contributed by atoms with Gasteiger partial charge in [-0.3, -0.25) is 0 Å². The fourth-order valence-corrected chi connectivity index (χ4v) is 6.78. The van der Waals surface area contributed by atoms with Crippen LogP contribution < -0.4 is 0 Å². The third-order valence-corrected chi connectivity index (χ3v) is 8.76. The van der Waals surface area contributed by atoms with Crippen molar-refractivity contribution in [3.8, 4) is 0 Å². The Bertz CT molecular complexity index is 453. The van der Waals surface area contributed by atoms with Crippen molar-refractivity contribution in [3.05, 3.63) is 39.8 Å². The molecule has 0 N–H and O–H groups in total. The van der Waals surface area contributed by atoms with Gasteiger partial charge in [0.05, 0.1) is 0 Å². The second-order valence-electron chi connectivity index (χ2n) is 4.88. The zero-order chi connectivity index (χ0) is 13.8. The van der Waals surface area contributed by atoms with Gasteiger partial charge in [-0.05, 0) is 0 Å². The zero-order valence-corrected chi connectivity index (χ0v) is 14.1. The molecule has 4 nitrogen and oxygen atoms in total. The number of halogens is 1. The summed E-state index contributed by atoms with van der Waals surface area (Å²) in [5.41, 5.74) is 1.08. The van der Waals surface area contributed by atoms with Gasteiger partial charge in [-0.25, -0.2) is 0 Å². The first-order valence-electron chi connectivity index (χ1n) is 6.85. The number of rotatable bonds is 2. The maximum atomic E-state index is 5.98. The summed E-state index contributed by atoms with van der Waals surface area (Å²) in [7, 11) is 0. The standard InChI is InChI=1S/C14H18ClGeNO3/c15-14-3-1-13(2-4-14)5-6-16-18-10-7-17(8-11-19-16)9-12-20-16/h1-6H,7-12H2/b6-5-. The van der Waals surface area contributed by atoms with E-state index in [2.05, 4.69) is 4.90 Å². The molecule has 0 amide bonds. The molecule has 108 valence electrons. The third-order valence-electron chi connectivity index (χ3n) is 3.48. The van der Waals surface area contributed by atoms with Gasteiger partial charge in [-0.15, -0.1) is 0 Å². The van der Waals surface area contributed by atoms with Gasteiger partial charge in [0.25, 0.3) is 0 Å². The molecule has 2 bridgehead atoms. The van der Waals surface area contributed by atoms with E-state index < -0.39 is 14.3 Å². The quantitative estimate of drug-likeness (QED) is 0.761. The Hall–Kier alpha value is -0.367. The molecule has 3 saturated heterocycles. The van der Waals surface area contributed by atoms with Gasteiger partial charge in [-0.2, -0.15) is 0 Å². The van der Waals surface area contributed by atoms with Crippen LogP contribution in [0.2, 0.25) is 5.02 Å². The van der Waals surface area contributed by atoms with E-state index in [1.165, 1.54) is 0 Å². The third kappa shape index (κ3) is 3.64. The molecule has 6 heteroatoms. The van der Waals surface area contributed by atoms with E-state index in [-0.39, 0.29) is 0 Å². The summed E-state index contributed by atoms with van der Waals surface area (Å²) in [6.45, 7) is 4.96. The van der Waals surface area contributed by atoms with E-state index in [4.69, 9.17) is 22.9 Å². The van der Waals surface area contributed by atoms with Crippen molar-refractivity contribution in [2.75, 3.05) is 39.5 Å². The molecule has 20 heavy (non-hydrogen) atoms. The first-order chi connectivity index (χ1) is 9.76. The van der Waals surface area contributed by atoms with Crippen molar-refractivity contribution in [1.29, 1.82) is 0 Å². The van der Waals surface area contributed by atoms with Crippen LogP contribution in [0, 0.1) is 0 Å². The van der Waals surface area contributed by atoms with Gasteiger partial charge in [0, 0.05) is 0 Å². The van der Waals surface area contributed by atoms with Crippen LogP contribution in [0.15, 0.2) is 29.2 Å². The van der Waals surface area contributed by atoms with E-state index >= 15 is 0 Å². The predicted octanol–water partition coefficient (Wildman–Crippen LogP) is 2.21. The molecule has 0 spiro atoms. The van der Waals surface area contributed by atoms with E-state index in [9.17, 15) is 0 Å². The molecule has 0 saturated carbocycles. The van der Waals surface area contributed by atoms with Gasteiger partial charge in [-0.1, -0.05) is 0 Å². The summed E-state index contributed by atoms with van der Waals surface area (Å²) < 4.78 is 17.9. The first-order valence-corrected chi connectivity index (χ1v) is 11.0. The van der Waals surface area contributed by atoms with Crippen LogP contribution in [0.3, 0.4) is 0 Å². The number of benzene rings is 1. The molecule has 3 aliphatic heterocycles. The average Bonchev–Trinajstić information content (AvgIpc) is 2.38. The van der Waals surface area contributed by atoms with Crippen LogP contribution in [0.4, 0.5) is 0 Å². The maximum absolute atomic E-state index is 5.98. The zero-order valence-electron chi connectivity index (χ0n) is 11.3. The van der Waals surface area contributed by atoms with Crippen LogP contribution >= 0.6 is 11.6 Å². The Morgan fingerprint density at radius 1 is 0.950 bits per heavy atom. The van der Waals surface area contributed by atoms with Crippen LogP contribution in [0.1, 0.15) is 5.56 Å². The van der Waals surface area contributed by atoms with Crippen molar-refractivity contribution >= 4 is 32.0 Å². The van der Waals surface area contributed by atoms with Crippen molar-refractivity contribution in [1.82, 2.24) is 4.90 Å². The number of fused-ring (bicyclic) bond motifs is 6. The summed E-state index contributed by atoms with van der Waals surface area (Å²) >= 11 is 2.66. The summed E-state index contributed by atoms with van der Waals surface area (Å²) in [6.07, 6.45) is 2.03. The monoisotopic (exact) mass is 357 g/mol. The van der Waals surface area contributed by atoms with Gasteiger partial charge >= 0.3 is 127 Å². The Morgan fingerprint density at radius 2 is 1.50 bits per heavy atom. The molecule has 3 heterocycles. The molecule has 0 atom stereocenters. The molecule has 4 rings (SSSR count). The Labute approximate surface area is 127 Å². The minimum absolute atomic E-state index is 0.685. The molecule has 1 aromatic rings. The molecule has 0 radical (unpaired) electrons. The summed E-state index contributed by atoms with van der Waals surface area (Å²) in [5.74, 6) is 0. The van der Waals surface area contributed by atoms with Crippen LogP contribution in [-0.4, -0.2) is 58.6 Å². The second kappa shape index (κ2) is 6.60. The van der Waals surface area contributed by atoms with Crippen molar-refractivity contribution in [2.45, 2.75) is 0 Å². The summed E-state index contributed by atoms with van der Waals surface area (Å²) in [6, 6.07) is 7.71. The number of nitrogens with zero attached hydrogens (tertiary/aromatic N) is 1. The van der Waals surface area contributed by atoms with Gasteiger partial charge in [0.1, 0.15) is 0 Å². The van der Waals surface area contributed by atoms with E-state index in [1.807, 2.05) is 35.3 Å². The Kier molecular flexibility index (Phi) is 4.80. The van der Waals surface area contributed by atoms with Crippen LogP contribution in [-0.2, 0) is 11.3 Å². The Morgan fingerprint density at radius 3 is 2.05 bits per heavy atom. The van der Waals surface area contributed by atoms with E-state index in [0.29, 0.717) is 19.8 Å². The second-order valence-corrected chi connectivity index (χ2v) is 10.4. The van der Waals surface area contributed by atoms with Gasteiger partial charge in [0.2, 0.25) is 0 Å². The average molecular weight is 356 g/mol. The summed E-state index contributed by atoms with van der Waals surface area (Å²) in [5, 5.41) is 0.739. The van der Waals surface area contributed by atoms with E-state index in [0.717, 1.165) is 30.2 Å². The fourth-order valence-electron chi connectivity index (χ4n) is 2.33. The topological polar surface area (TPSA) is 30.9 Å². The minimum atomic E-state index is -3.23. The fraction of sp³-hybridized carbons (Fsp3) is 0.429. The van der Waals surface area contributed by atoms with E-state index in [1.54, 1.807) is 0 Å². The first kappa shape index (κ1) is 14.6.